The molecule has 0 amide bonds. The maximum atomic E-state index is 12.4. The van der Waals surface area contributed by atoms with Gasteiger partial charge in [0, 0.05) is 22.2 Å². The number of hydrogen-bond acceptors (Lipinski definition) is 4. The molecule has 5 nitrogen and oxygen atoms in total. The lowest BCUT2D eigenvalue weighted by Crippen LogP contribution is -2.14. The lowest BCUT2D eigenvalue weighted by molar-refractivity contribution is 0.601. The first-order valence-electron chi connectivity index (χ1n) is 5.64. The third-order valence-corrected chi connectivity index (χ3v) is 5.34. The largest absolute Gasteiger partial charge is 0.372 e. The second-order valence-electron chi connectivity index (χ2n) is 3.98. The first kappa shape index (κ1) is 16.5. The number of sulfonamides is 1. The molecule has 1 heterocycles. The van der Waals surface area contributed by atoms with Crippen LogP contribution in [0.3, 0.4) is 0 Å². The number of nitrogens with zero attached hydrogens (tertiary/aromatic N) is 1. The SMILES string of the molecule is CNc1ncc(S(=O)(=O)Nc2cc(Br)ccc2Br)cc1Cl. The summed E-state index contributed by atoms with van der Waals surface area (Å²) in [5, 5.41) is 3.00. The summed E-state index contributed by atoms with van der Waals surface area (Å²) >= 11 is 12.5. The number of halogens is 3. The van der Waals surface area contributed by atoms with Gasteiger partial charge < -0.3 is 5.32 Å². The van der Waals surface area contributed by atoms with Crippen LogP contribution in [0.5, 0.6) is 0 Å². The monoisotopic (exact) mass is 453 g/mol. The van der Waals surface area contributed by atoms with E-state index < -0.39 is 10.0 Å². The van der Waals surface area contributed by atoms with Crippen molar-refractivity contribution in [3.05, 3.63) is 44.4 Å². The topological polar surface area (TPSA) is 71.1 Å². The fourth-order valence-electron chi connectivity index (χ4n) is 1.53. The Morgan fingerprint density at radius 1 is 1.24 bits per heavy atom. The summed E-state index contributed by atoms with van der Waals surface area (Å²) in [7, 11) is -2.12. The van der Waals surface area contributed by atoms with E-state index in [-0.39, 0.29) is 9.92 Å². The molecule has 2 N–H and O–H groups in total. The van der Waals surface area contributed by atoms with Gasteiger partial charge in [-0.15, -0.1) is 0 Å². The Hall–Kier alpha value is -0.830. The Morgan fingerprint density at radius 3 is 2.57 bits per heavy atom. The minimum absolute atomic E-state index is 0.0154. The van der Waals surface area contributed by atoms with Crippen LogP contribution in [0.4, 0.5) is 11.5 Å². The van der Waals surface area contributed by atoms with Crippen molar-refractivity contribution in [1.29, 1.82) is 0 Å². The van der Waals surface area contributed by atoms with Gasteiger partial charge >= 0.3 is 0 Å². The van der Waals surface area contributed by atoms with Crippen molar-refractivity contribution < 1.29 is 8.42 Å². The van der Waals surface area contributed by atoms with E-state index in [1.807, 2.05) is 0 Å². The van der Waals surface area contributed by atoms with Crippen LogP contribution in [0, 0.1) is 0 Å². The van der Waals surface area contributed by atoms with Crippen LogP contribution in [0.1, 0.15) is 0 Å². The summed E-state index contributed by atoms with van der Waals surface area (Å²) in [4.78, 5) is 3.95. The summed E-state index contributed by atoms with van der Waals surface area (Å²) in [6, 6.07) is 6.52. The molecule has 0 aliphatic carbocycles. The molecule has 1 aromatic carbocycles. The molecule has 0 aliphatic heterocycles. The van der Waals surface area contributed by atoms with Crippen molar-refractivity contribution in [1.82, 2.24) is 4.98 Å². The molecule has 0 unspecified atom stereocenters. The van der Waals surface area contributed by atoms with E-state index >= 15 is 0 Å². The highest BCUT2D eigenvalue weighted by Crippen LogP contribution is 2.29. The van der Waals surface area contributed by atoms with Gasteiger partial charge in [0.2, 0.25) is 0 Å². The van der Waals surface area contributed by atoms with Crippen molar-refractivity contribution in [3.8, 4) is 0 Å². The molecule has 0 saturated carbocycles. The maximum absolute atomic E-state index is 12.4. The Morgan fingerprint density at radius 2 is 1.95 bits per heavy atom. The normalized spacial score (nSPS) is 11.2. The summed E-state index contributed by atoms with van der Waals surface area (Å²) in [6.07, 6.45) is 1.24. The average Bonchev–Trinajstić information content (AvgIpc) is 2.42. The molecule has 0 fully saturated rings. The highest BCUT2D eigenvalue weighted by atomic mass is 79.9. The van der Waals surface area contributed by atoms with E-state index in [2.05, 4.69) is 46.9 Å². The van der Waals surface area contributed by atoms with Gasteiger partial charge in [-0.1, -0.05) is 27.5 Å². The molecule has 0 saturated heterocycles. The maximum Gasteiger partial charge on any atom is 0.263 e. The molecule has 0 bridgehead atoms. The van der Waals surface area contributed by atoms with Crippen molar-refractivity contribution >= 4 is 65.0 Å². The van der Waals surface area contributed by atoms with Crippen LogP contribution in [0.2, 0.25) is 5.02 Å². The molecular weight excluding hydrogens is 445 g/mol. The second kappa shape index (κ2) is 6.51. The van der Waals surface area contributed by atoms with E-state index in [0.29, 0.717) is 16.0 Å². The molecule has 0 atom stereocenters. The summed E-state index contributed by atoms with van der Waals surface area (Å²) in [5.41, 5.74) is 0.415. The lowest BCUT2D eigenvalue weighted by Gasteiger charge is -2.11. The third kappa shape index (κ3) is 3.88. The van der Waals surface area contributed by atoms with E-state index in [0.717, 1.165) is 4.47 Å². The predicted octanol–water partition coefficient (Wildman–Crippen LogP) is 4.10. The van der Waals surface area contributed by atoms with Crippen molar-refractivity contribution in [2.75, 3.05) is 17.1 Å². The lowest BCUT2D eigenvalue weighted by atomic mass is 10.3. The summed E-state index contributed by atoms with van der Waals surface area (Å²) < 4.78 is 28.6. The quantitative estimate of drug-likeness (QED) is 0.728. The van der Waals surface area contributed by atoms with Gasteiger partial charge in [0.25, 0.3) is 10.0 Å². The highest BCUT2D eigenvalue weighted by Gasteiger charge is 2.18. The number of rotatable bonds is 4. The van der Waals surface area contributed by atoms with Crippen LogP contribution >= 0.6 is 43.5 Å². The number of aromatic nitrogens is 1. The van der Waals surface area contributed by atoms with Crippen LogP contribution in [-0.4, -0.2) is 20.4 Å². The van der Waals surface area contributed by atoms with Crippen LogP contribution in [0.15, 0.2) is 44.3 Å². The molecular formula is C12H10Br2ClN3O2S. The number of hydrogen-bond donors (Lipinski definition) is 2. The van der Waals surface area contributed by atoms with Crippen molar-refractivity contribution in [2.45, 2.75) is 4.90 Å². The van der Waals surface area contributed by atoms with Crippen LogP contribution in [-0.2, 0) is 10.0 Å². The summed E-state index contributed by atoms with van der Waals surface area (Å²) in [6.45, 7) is 0. The molecule has 9 heteroatoms. The fourth-order valence-corrected chi connectivity index (χ4v) is 3.73. The first-order chi connectivity index (χ1) is 9.83. The minimum Gasteiger partial charge on any atom is -0.372 e. The smallest absolute Gasteiger partial charge is 0.263 e. The molecule has 112 valence electrons. The van der Waals surface area contributed by atoms with E-state index in [9.17, 15) is 8.42 Å². The van der Waals surface area contributed by atoms with Gasteiger partial charge in [-0.05, 0) is 40.2 Å². The minimum atomic E-state index is -3.78. The number of anilines is 2. The number of pyridine rings is 1. The standard InChI is InChI=1S/C12H10Br2ClN3O2S/c1-16-12-10(15)5-8(6-17-12)21(19,20)18-11-4-7(13)2-3-9(11)14/h2-6,18H,1H3,(H,16,17). The zero-order chi connectivity index (χ0) is 15.6. The molecule has 1 aromatic heterocycles. The fraction of sp³-hybridized carbons (Fsp3) is 0.0833. The Bertz CT molecular complexity index is 784. The number of benzene rings is 1. The molecule has 0 radical (unpaired) electrons. The van der Waals surface area contributed by atoms with Gasteiger partial charge in [-0.3, -0.25) is 4.72 Å². The predicted molar refractivity (Wildman–Crippen MR) is 91.4 cm³/mol. The van der Waals surface area contributed by atoms with Gasteiger partial charge in [-0.2, -0.15) is 0 Å². The molecule has 21 heavy (non-hydrogen) atoms. The Balaban J connectivity index is 2.38. The van der Waals surface area contributed by atoms with E-state index in [1.165, 1.54) is 12.3 Å². The molecule has 0 spiro atoms. The third-order valence-electron chi connectivity index (χ3n) is 2.54. The number of nitrogens with one attached hydrogen (secondary N) is 2. The van der Waals surface area contributed by atoms with Gasteiger partial charge in [0.05, 0.1) is 10.7 Å². The molecule has 2 aromatic rings. The zero-order valence-corrected chi connectivity index (χ0v) is 15.4. The van der Waals surface area contributed by atoms with Crippen molar-refractivity contribution in [3.63, 3.8) is 0 Å². The molecule has 2 rings (SSSR count). The van der Waals surface area contributed by atoms with Gasteiger partial charge in [0.1, 0.15) is 10.7 Å². The molecule has 0 aliphatic rings. The van der Waals surface area contributed by atoms with E-state index in [4.69, 9.17) is 11.6 Å². The van der Waals surface area contributed by atoms with Crippen LogP contribution in [0.25, 0.3) is 0 Å². The van der Waals surface area contributed by atoms with Crippen molar-refractivity contribution in [2.24, 2.45) is 0 Å². The highest BCUT2D eigenvalue weighted by molar-refractivity contribution is 9.11. The first-order valence-corrected chi connectivity index (χ1v) is 9.09. The van der Waals surface area contributed by atoms with E-state index in [1.54, 1.807) is 25.2 Å². The Kier molecular flexibility index (Phi) is 5.13. The second-order valence-corrected chi connectivity index (χ2v) is 7.84. The average molecular weight is 456 g/mol. The Labute approximate surface area is 144 Å². The zero-order valence-electron chi connectivity index (χ0n) is 10.7. The van der Waals surface area contributed by atoms with Crippen LogP contribution < -0.4 is 10.0 Å². The summed E-state index contributed by atoms with van der Waals surface area (Å²) in [5.74, 6) is 0.416. The van der Waals surface area contributed by atoms with Gasteiger partial charge in [-0.25, -0.2) is 13.4 Å². The van der Waals surface area contributed by atoms with Gasteiger partial charge in [0.15, 0.2) is 0 Å².